The summed E-state index contributed by atoms with van der Waals surface area (Å²) in [6.07, 6.45) is 2.48. The summed E-state index contributed by atoms with van der Waals surface area (Å²) in [4.78, 5) is 0. The van der Waals surface area contributed by atoms with Crippen molar-refractivity contribution >= 4 is 0 Å². The van der Waals surface area contributed by atoms with Crippen LogP contribution in [0.5, 0.6) is 0 Å². The van der Waals surface area contributed by atoms with Gasteiger partial charge in [-0.3, -0.25) is 5.10 Å². The van der Waals surface area contributed by atoms with E-state index in [0.29, 0.717) is 5.69 Å². The minimum Gasteiger partial charge on any atom is -0.277 e. The highest BCUT2D eigenvalue weighted by atomic mass is 19.1. The second-order valence-corrected chi connectivity index (χ2v) is 2.53. The molecular weight excluding hydrogens is 174 g/mol. The van der Waals surface area contributed by atoms with E-state index >= 15 is 0 Å². The van der Waals surface area contributed by atoms with Gasteiger partial charge in [0.1, 0.15) is 17.8 Å². The molecule has 0 aliphatic carbocycles. The van der Waals surface area contributed by atoms with E-state index in [-0.39, 0.29) is 5.56 Å². The average Bonchev–Trinajstić information content (AvgIpc) is 2.61. The van der Waals surface area contributed by atoms with Gasteiger partial charge in [-0.15, -0.1) is 0 Å². The largest absolute Gasteiger partial charge is 0.277 e. The Morgan fingerprint density at radius 2 is 2.15 bits per heavy atom. The summed E-state index contributed by atoms with van der Waals surface area (Å²) in [5.74, 6) is -0.968. The molecule has 2 nitrogen and oxygen atoms in total. The van der Waals surface area contributed by atoms with Crippen molar-refractivity contribution in [2.75, 3.05) is 0 Å². The van der Waals surface area contributed by atoms with Crippen LogP contribution in [-0.4, -0.2) is 10.2 Å². The molecule has 13 heavy (non-hydrogen) atoms. The maximum Gasteiger partial charge on any atom is 0.132 e. The van der Waals surface area contributed by atoms with Crippen LogP contribution >= 0.6 is 0 Å². The van der Waals surface area contributed by atoms with Crippen LogP contribution in [0, 0.1) is 17.8 Å². The first-order valence-electron chi connectivity index (χ1n) is 3.64. The molecule has 0 saturated carbocycles. The molecular formula is C9H5F2N2. The summed E-state index contributed by atoms with van der Waals surface area (Å²) in [5, 5.41) is 6.04. The van der Waals surface area contributed by atoms with Gasteiger partial charge in [0.15, 0.2) is 0 Å². The van der Waals surface area contributed by atoms with Crippen molar-refractivity contribution in [1.82, 2.24) is 10.2 Å². The summed E-state index contributed by atoms with van der Waals surface area (Å²) in [6.45, 7) is 0. The molecule has 1 aromatic carbocycles. The fraction of sp³-hybridized carbons (Fsp3) is 0. The van der Waals surface area contributed by atoms with E-state index < -0.39 is 11.6 Å². The lowest BCUT2D eigenvalue weighted by Crippen LogP contribution is -1.86. The predicted octanol–water partition coefficient (Wildman–Crippen LogP) is 2.16. The SMILES string of the molecule is Fc1ccc(F)c(-c2c[c]n[nH]2)c1. The molecule has 2 rings (SSSR count). The molecule has 0 fully saturated rings. The number of aromatic nitrogens is 2. The molecule has 2 aromatic rings. The number of halogens is 2. The lowest BCUT2D eigenvalue weighted by atomic mass is 10.1. The van der Waals surface area contributed by atoms with E-state index in [2.05, 4.69) is 16.4 Å². The summed E-state index contributed by atoms with van der Waals surface area (Å²) >= 11 is 0. The summed E-state index contributed by atoms with van der Waals surface area (Å²) in [6, 6.07) is 4.71. The van der Waals surface area contributed by atoms with E-state index in [1.165, 1.54) is 6.07 Å². The zero-order chi connectivity index (χ0) is 9.26. The van der Waals surface area contributed by atoms with Gasteiger partial charge in [-0.1, -0.05) is 0 Å². The van der Waals surface area contributed by atoms with Crippen LogP contribution in [0.4, 0.5) is 8.78 Å². The first-order chi connectivity index (χ1) is 6.27. The Morgan fingerprint density at radius 3 is 2.85 bits per heavy atom. The zero-order valence-electron chi connectivity index (χ0n) is 6.51. The monoisotopic (exact) mass is 179 g/mol. The van der Waals surface area contributed by atoms with Crippen LogP contribution in [0.15, 0.2) is 24.3 Å². The first kappa shape index (κ1) is 7.91. The minimum absolute atomic E-state index is 0.161. The van der Waals surface area contributed by atoms with E-state index in [4.69, 9.17) is 0 Å². The van der Waals surface area contributed by atoms with Gasteiger partial charge in [0.2, 0.25) is 0 Å². The van der Waals surface area contributed by atoms with Crippen molar-refractivity contribution in [3.05, 3.63) is 42.1 Å². The normalized spacial score (nSPS) is 10.3. The summed E-state index contributed by atoms with van der Waals surface area (Å²) in [7, 11) is 0. The van der Waals surface area contributed by atoms with Gasteiger partial charge in [-0.2, -0.15) is 5.10 Å². The Morgan fingerprint density at radius 1 is 1.31 bits per heavy atom. The third-order valence-electron chi connectivity index (χ3n) is 1.67. The van der Waals surface area contributed by atoms with Crippen LogP contribution in [0.1, 0.15) is 0 Å². The molecule has 1 radical (unpaired) electrons. The highest BCUT2D eigenvalue weighted by Crippen LogP contribution is 2.20. The third-order valence-corrected chi connectivity index (χ3v) is 1.67. The van der Waals surface area contributed by atoms with Crippen LogP contribution < -0.4 is 0 Å². The molecule has 4 heteroatoms. The number of nitrogens with zero attached hydrogens (tertiary/aromatic N) is 1. The standard InChI is InChI=1S/C9H5F2N2/c10-6-1-2-8(11)7(5-6)9-3-4-12-13-9/h1-3,5H,(H,12,13). The molecule has 65 valence electrons. The van der Waals surface area contributed by atoms with Gasteiger partial charge >= 0.3 is 0 Å². The minimum atomic E-state index is -0.487. The van der Waals surface area contributed by atoms with Crippen LogP contribution in [-0.2, 0) is 0 Å². The maximum atomic E-state index is 13.1. The van der Waals surface area contributed by atoms with Gasteiger partial charge in [-0.25, -0.2) is 8.78 Å². The van der Waals surface area contributed by atoms with Crippen molar-refractivity contribution in [3.63, 3.8) is 0 Å². The first-order valence-corrected chi connectivity index (χ1v) is 3.64. The number of benzene rings is 1. The summed E-state index contributed by atoms with van der Waals surface area (Å²) in [5.41, 5.74) is 0.575. The molecule has 0 aliphatic rings. The van der Waals surface area contributed by atoms with Crippen molar-refractivity contribution < 1.29 is 8.78 Å². The summed E-state index contributed by atoms with van der Waals surface area (Å²) < 4.78 is 25.8. The van der Waals surface area contributed by atoms with Gasteiger partial charge in [0.25, 0.3) is 0 Å². The Balaban J connectivity index is 2.57. The molecule has 0 spiro atoms. The molecule has 1 aromatic heterocycles. The second-order valence-electron chi connectivity index (χ2n) is 2.53. The Labute approximate surface area is 73.2 Å². The average molecular weight is 179 g/mol. The zero-order valence-corrected chi connectivity index (χ0v) is 6.51. The predicted molar refractivity (Wildman–Crippen MR) is 42.8 cm³/mol. The molecule has 0 aliphatic heterocycles. The molecule has 0 saturated heterocycles. The number of aromatic amines is 1. The van der Waals surface area contributed by atoms with Gasteiger partial charge in [-0.05, 0) is 24.3 Å². The second kappa shape index (κ2) is 2.97. The molecule has 0 unspecified atom stereocenters. The number of hydrogen-bond acceptors (Lipinski definition) is 1. The van der Waals surface area contributed by atoms with E-state index in [0.717, 1.165) is 18.2 Å². The highest BCUT2D eigenvalue weighted by molar-refractivity contribution is 5.58. The smallest absolute Gasteiger partial charge is 0.132 e. The van der Waals surface area contributed by atoms with Crippen molar-refractivity contribution in [2.24, 2.45) is 0 Å². The topological polar surface area (TPSA) is 28.7 Å². The number of hydrogen-bond donors (Lipinski definition) is 1. The molecule has 1 N–H and O–H groups in total. The number of rotatable bonds is 1. The molecule has 0 bridgehead atoms. The van der Waals surface area contributed by atoms with E-state index in [1.54, 1.807) is 0 Å². The number of H-pyrrole nitrogens is 1. The number of nitrogens with one attached hydrogen (secondary N) is 1. The van der Waals surface area contributed by atoms with Gasteiger partial charge in [0.05, 0.1) is 5.69 Å². The quantitative estimate of drug-likeness (QED) is 0.713. The van der Waals surface area contributed by atoms with Crippen LogP contribution in [0.2, 0.25) is 0 Å². The van der Waals surface area contributed by atoms with Crippen LogP contribution in [0.3, 0.4) is 0 Å². The lowest BCUT2D eigenvalue weighted by molar-refractivity contribution is 0.602. The van der Waals surface area contributed by atoms with Crippen molar-refractivity contribution in [1.29, 1.82) is 0 Å². The Bertz CT molecular complexity index is 410. The van der Waals surface area contributed by atoms with Gasteiger partial charge < -0.3 is 0 Å². The maximum absolute atomic E-state index is 13.1. The van der Waals surface area contributed by atoms with E-state index in [9.17, 15) is 8.78 Å². The van der Waals surface area contributed by atoms with Gasteiger partial charge in [0, 0.05) is 5.56 Å². The van der Waals surface area contributed by atoms with Crippen molar-refractivity contribution in [2.45, 2.75) is 0 Å². The third kappa shape index (κ3) is 1.42. The van der Waals surface area contributed by atoms with Crippen molar-refractivity contribution in [3.8, 4) is 11.3 Å². The van der Waals surface area contributed by atoms with E-state index in [1.807, 2.05) is 0 Å². The lowest BCUT2D eigenvalue weighted by Gasteiger charge is -1.98. The fourth-order valence-corrected chi connectivity index (χ4v) is 1.06. The fourth-order valence-electron chi connectivity index (χ4n) is 1.06. The molecule has 0 amide bonds. The molecule has 0 atom stereocenters. The van der Waals surface area contributed by atoms with Crippen LogP contribution in [0.25, 0.3) is 11.3 Å². The highest BCUT2D eigenvalue weighted by Gasteiger charge is 2.06. The Kier molecular flexibility index (Phi) is 1.81. The Hall–Kier alpha value is -1.71. The molecule has 1 heterocycles.